The predicted octanol–water partition coefficient (Wildman–Crippen LogP) is 2.33. The maximum Gasteiger partial charge on any atom is 0.337 e. The topological polar surface area (TPSA) is 89.9 Å². The number of fused-ring (bicyclic) bond motifs is 1. The first kappa shape index (κ1) is 19.8. The minimum Gasteiger partial charge on any atom is -0.451 e. The van der Waals surface area contributed by atoms with E-state index in [1.54, 1.807) is 26.0 Å². The molecule has 1 fully saturated rings. The molecule has 3 atom stereocenters. The van der Waals surface area contributed by atoms with Crippen molar-refractivity contribution >= 4 is 17.7 Å². The van der Waals surface area contributed by atoms with E-state index in [1.165, 1.54) is 13.0 Å². The molecule has 0 saturated carbocycles. The van der Waals surface area contributed by atoms with Gasteiger partial charge < -0.3 is 14.6 Å². The van der Waals surface area contributed by atoms with Crippen LogP contribution in [0.4, 0.5) is 0 Å². The Morgan fingerprint density at radius 3 is 2.69 bits per heavy atom. The van der Waals surface area contributed by atoms with Crippen LogP contribution in [0, 0.1) is 0 Å². The van der Waals surface area contributed by atoms with Gasteiger partial charge in [-0.3, -0.25) is 4.79 Å². The van der Waals surface area contributed by atoms with E-state index < -0.39 is 35.5 Å². The third-order valence-electron chi connectivity index (χ3n) is 4.83. The van der Waals surface area contributed by atoms with Crippen LogP contribution in [0.2, 0.25) is 0 Å². The van der Waals surface area contributed by atoms with Crippen LogP contribution in [0.25, 0.3) is 0 Å². The average Bonchev–Trinajstić information content (AvgIpc) is 2.81. The van der Waals surface area contributed by atoms with E-state index in [1.807, 2.05) is 6.92 Å². The first-order valence-electron chi connectivity index (χ1n) is 8.47. The number of hydrogen-bond acceptors (Lipinski definition) is 6. The molecule has 0 spiro atoms. The molecule has 0 radical (unpaired) electrons. The molecule has 1 aliphatic heterocycles. The number of Topliss-reactive ketones (excluding diaryl/α,β-unsaturated/α-hetero) is 1. The fourth-order valence-corrected chi connectivity index (χ4v) is 2.91. The van der Waals surface area contributed by atoms with E-state index in [2.05, 4.69) is 6.58 Å². The Labute approximate surface area is 152 Å². The second-order valence-corrected chi connectivity index (χ2v) is 6.69. The molecule has 0 aromatic rings. The van der Waals surface area contributed by atoms with Crippen molar-refractivity contribution in [3.63, 3.8) is 0 Å². The lowest BCUT2D eigenvalue weighted by Gasteiger charge is -2.34. The van der Waals surface area contributed by atoms with Crippen LogP contribution in [-0.4, -0.2) is 40.6 Å². The fraction of sp³-hybridized carbons (Fsp3) is 0.450. The van der Waals surface area contributed by atoms with E-state index in [0.717, 1.165) is 5.57 Å². The molecule has 140 valence electrons. The molecule has 1 aliphatic carbocycles. The zero-order valence-corrected chi connectivity index (χ0v) is 15.5. The third-order valence-corrected chi connectivity index (χ3v) is 4.83. The summed E-state index contributed by atoms with van der Waals surface area (Å²) in [6.45, 7) is 10.2. The van der Waals surface area contributed by atoms with E-state index in [4.69, 9.17) is 9.47 Å². The quantitative estimate of drug-likeness (QED) is 0.462. The van der Waals surface area contributed by atoms with Crippen LogP contribution in [0.15, 0.2) is 47.1 Å². The summed E-state index contributed by atoms with van der Waals surface area (Å²) in [5.74, 6) is -2.16. The lowest BCUT2D eigenvalue weighted by atomic mass is 9.80. The molecule has 0 bridgehead atoms. The molecule has 1 N–H and O–H groups in total. The van der Waals surface area contributed by atoms with Crippen molar-refractivity contribution in [3.05, 3.63) is 47.1 Å². The molecule has 1 heterocycles. The van der Waals surface area contributed by atoms with Crippen LogP contribution in [-0.2, 0) is 23.9 Å². The molecule has 0 amide bonds. The lowest BCUT2D eigenvalue weighted by molar-refractivity contribution is -0.168. The monoisotopic (exact) mass is 360 g/mol. The average molecular weight is 360 g/mol. The Morgan fingerprint density at radius 1 is 1.42 bits per heavy atom. The van der Waals surface area contributed by atoms with Gasteiger partial charge >= 0.3 is 11.9 Å². The van der Waals surface area contributed by atoms with Gasteiger partial charge in [-0.25, -0.2) is 9.59 Å². The van der Waals surface area contributed by atoms with Gasteiger partial charge in [-0.05, 0) is 52.2 Å². The van der Waals surface area contributed by atoms with Gasteiger partial charge in [0, 0.05) is 5.57 Å². The number of carbonyl (C=O) groups excluding carboxylic acids is 3. The molecule has 2 aliphatic rings. The summed E-state index contributed by atoms with van der Waals surface area (Å²) in [5.41, 5.74) is -0.964. The number of hydrogen-bond donors (Lipinski definition) is 1. The van der Waals surface area contributed by atoms with Crippen molar-refractivity contribution in [2.75, 3.05) is 0 Å². The maximum absolute atomic E-state index is 12.9. The van der Waals surface area contributed by atoms with Gasteiger partial charge in [-0.15, -0.1) is 0 Å². The van der Waals surface area contributed by atoms with E-state index in [9.17, 15) is 19.5 Å². The second kappa shape index (κ2) is 7.41. The molecule has 6 heteroatoms. The van der Waals surface area contributed by atoms with Crippen molar-refractivity contribution in [2.24, 2.45) is 0 Å². The highest BCUT2D eigenvalue weighted by Crippen LogP contribution is 2.39. The standard InChI is InChI=1S/C20H24O6/c1-6-12(3)18(22)26-17-16(21)13(4)9-7-8-11(2)10-15-20(17,24)14(5)19(23)25-15/h6,9-10,15,17,24H,5,7-8H2,1-4H3/b11-10+,12-6-,13-9-/t15-,17-,20+/m0/s1. The van der Waals surface area contributed by atoms with E-state index in [-0.39, 0.29) is 11.1 Å². The van der Waals surface area contributed by atoms with Gasteiger partial charge in [0.25, 0.3) is 0 Å². The number of rotatable bonds is 2. The maximum atomic E-state index is 12.9. The Hall–Kier alpha value is -2.47. The molecular weight excluding hydrogens is 336 g/mol. The number of ether oxygens (including phenoxy) is 2. The zero-order valence-electron chi connectivity index (χ0n) is 15.5. The van der Waals surface area contributed by atoms with Crippen LogP contribution in [0.5, 0.6) is 0 Å². The van der Waals surface area contributed by atoms with E-state index in [0.29, 0.717) is 18.4 Å². The largest absolute Gasteiger partial charge is 0.451 e. The summed E-state index contributed by atoms with van der Waals surface area (Å²) < 4.78 is 10.6. The third kappa shape index (κ3) is 3.42. The van der Waals surface area contributed by atoms with Gasteiger partial charge in [0.2, 0.25) is 11.9 Å². The highest BCUT2D eigenvalue weighted by molar-refractivity contribution is 6.04. The van der Waals surface area contributed by atoms with Crippen LogP contribution < -0.4 is 0 Å². The van der Waals surface area contributed by atoms with Crippen LogP contribution in [0.3, 0.4) is 0 Å². The predicted molar refractivity (Wildman–Crippen MR) is 95.0 cm³/mol. The molecule has 1 saturated heterocycles. The first-order valence-corrected chi connectivity index (χ1v) is 8.47. The SMILES string of the molecule is C=C1C(=O)O[C@H]2/C=C(\C)CC/C=C(/C)C(=O)[C@H](OC(=O)/C(C)=C\C)[C@@]12O. The first-order chi connectivity index (χ1) is 12.1. The molecule has 26 heavy (non-hydrogen) atoms. The Kier molecular flexibility index (Phi) is 5.66. The van der Waals surface area contributed by atoms with E-state index >= 15 is 0 Å². The summed E-state index contributed by atoms with van der Waals surface area (Å²) in [6.07, 6.45) is 3.31. The van der Waals surface area contributed by atoms with Crippen molar-refractivity contribution in [1.82, 2.24) is 0 Å². The summed E-state index contributed by atoms with van der Waals surface area (Å²) in [4.78, 5) is 37.3. The van der Waals surface area contributed by atoms with Crippen molar-refractivity contribution < 1.29 is 29.0 Å². The number of allylic oxidation sites excluding steroid dienone is 3. The van der Waals surface area contributed by atoms with Crippen molar-refractivity contribution in [1.29, 1.82) is 0 Å². The molecule has 0 aromatic carbocycles. The summed E-state index contributed by atoms with van der Waals surface area (Å²) in [6, 6.07) is 0. The lowest BCUT2D eigenvalue weighted by Crippen LogP contribution is -2.55. The minimum atomic E-state index is -2.16. The normalized spacial score (nSPS) is 34.2. The Balaban J connectivity index is 2.61. The number of carbonyl (C=O) groups is 3. The van der Waals surface area contributed by atoms with Crippen LogP contribution >= 0.6 is 0 Å². The minimum absolute atomic E-state index is 0.277. The Bertz CT molecular complexity index is 754. The zero-order chi connectivity index (χ0) is 19.6. The molecule has 0 aromatic heterocycles. The smallest absolute Gasteiger partial charge is 0.337 e. The van der Waals surface area contributed by atoms with Crippen molar-refractivity contribution in [3.8, 4) is 0 Å². The second-order valence-electron chi connectivity index (χ2n) is 6.69. The van der Waals surface area contributed by atoms with Gasteiger partial charge in [-0.2, -0.15) is 0 Å². The number of ketones is 1. The number of esters is 2. The molecule has 0 unspecified atom stereocenters. The summed E-state index contributed by atoms with van der Waals surface area (Å²) >= 11 is 0. The summed E-state index contributed by atoms with van der Waals surface area (Å²) in [7, 11) is 0. The molecule has 2 rings (SSSR count). The van der Waals surface area contributed by atoms with Gasteiger partial charge in [0.15, 0.2) is 11.7 Å². The van der Waals surface area contributed by atoms with Crippen LogP contribution in [0.1, 0.15) is 40.5 Å². The van der Waals surface area contributed by atoms with Gasteiger partial charge in [0.05, 0.1) is 5.57 Å². The molecular formula is C20H24O6. The fourth-order valence-electron chi connectivity index (χ4n) is 2.91. The summed E-state index contributed by atoms with van der Waals surface area (Å²) in [5, 5.41) is 11.3. The van der Waals surface area contributed by atoms with Gasteiger partial charge in [-0.1, -0.05) is 24.3 Å². The highest BCUT2D eigenvalue weighted by atomic mass is 16.6. The number of aliphatic hydroxyl groups is 1. The highest BCUT2D eigenvalue weighted by Gasteiger charge is 2.60. The molecule has 6 nitrogen and oxygen atoms in total. The van der Waals surface area contributed by atoms with Gasteiger partial charge in [0.1, 0.15) is 0 Å². The van der Waals surface area contributed by atoms with Crippen molar-refractivity contribution in [2.45, 2.75) is 58.3 Å². The Morgan fingerprint density at radius 2 is 2.08 bits per heavy atom.